The zero-order chi connectivity index (χ0) is 13.1. The molecule has 1 aliphatic heterocycles. The van der Waals surface area contributed by atoms with Gasteiger partial charge in [-0.1, -0.05) is 25.1 Å². The van der Waals surface area contributed by atoms with E-state index in [1.165, 1.54) is 11.3 Å². The van der Waals surface area contributed by atoms with Gasteiger partial charge in [-0.25, -0.2) is 0 Å². The van der Waals surface area contributed by atoms with E-state index in [1.807, 2.05) is 19.2 Å². The average Bonchev–Trinajstić information content (AvgIpc) is 2.41. The summed E-state index contributed by atoms with van der Waals surface area (Å²) >= 11 is 0. The van der Waals surface area contributed by atoms with E-state index in [-0.39, 0.29) is 11.9 Å². The maximum absolute atomic E-state index is 12.0. The van der Waals surface area contributed by atoms with Crippen molar-refractivity contribution < 1.29 is 4.79 Å². The smallest absolute Gasteiger partial charge is 0.242 e. The Morgan fingerprint density at radius 1 is 1.39 bits per heavy atom. The molecule has 1 atom stereocenters. The van der Waals surface area contributed by atoms with Crippen LogP contribution < -0.4 is 10.6 Å². The zero-order valence-electron chi connectivity index (χ0n) is 11.1. The molecular weight excluding hydrogens is 226 g/mol. The summed E-state index contributed by atoms with van der Waals surface area (Å²) < 4.78 is 0. The number of nitrogens with two attached hydrogens (primary N) is 1. The molecule has 1 fully saturated rings. The number of hydrogen-bond acceptors (Lipinski definition) is 3. The van der Waals surface area contributed by atoms with Crippen LogP contribution in [0.4, 0.5) is 5.69 Å². The van der Waals surface area contributed by atoms with Crippen LogP contribution in [0.1, 0.15) is 12.5 Å². The van der Waals surface area contributed by atoms with E-state index in [0.717, 1.165) is 13.0 Å². The normalized spacial score (nSPS) is 20.4. The van der Waals surface area contributed by atoms with Gasteiger partial charge in [0.1, 0.15) is 0 Å². The van der Waals surface area contributed by atoms with Crippen molar-refractivity contribution in [1.82, 2.24) is 4.90 Å². The molecule has 0 aromatic heterocycles. The maximum Gasteiger partial charge on any atom is 0.242 e. The van der Waals surface area contributed by atoms with Gasteiger partial charge in [0, 0.05) is 25.8 Å². The standard InChI is InChI=1S/C14H21N3O/c1-3-11-6-4-5-7-13(11)17-9-12(8-15)16(2)14(18)10-17/h4-7,12H,3,8-10,15H2,1-2H3. The van der Waals surface area contributed by atoms with Gasteiger partial charge in [0.15, 0.2) is 0 Å². The molecule has 4 heteroatoms. The van der Waals surface area contributed by atoms with E-state index in [0.29, 0.717) is 13.1 Å². The molecule has 1 heterocycles. The summed E-state index contributed by atoms with van der Waals surface area (Å²) in [6, 6.07) is 8.38. The predicted octanol–water partition coefficient (Wildman–Crippen LogP) is 0.855. The fraction of sp³-hybridized carbons (Fsp3) is 0.500. The lowest BCUT2D eigenvalue weighted by Gasteiger charge is -2.40. The van der Waals surface area contributed by atoms with E-state index in [1.54, 1.807) is 4.90 Å². The van der Waals surface area contributed by atoms with Crippen molar-refractivity contribution in [3.05, 3.63) is 29.8 Å². The highest BCUT2D eigenvalue weighted by Crippen LogP contribution is 2.23. The summed E-state index contributed by atoms with van der Waals surface area (Å²) in [5, 5.41) is 0. The first-order valence-corrected chi connectivity index (χ1v) is 6.46. The number of anilines is 1. The third-order valence-corrected chi connectivity index (χ3v) is 3.68. The van der Waals surface area contributed by atoms with Crippen LogP contribution in [-0.2, 0) is 11.2 Å². The molecular formula is C14H21N3O. The topological polar surface area (TPSA) is 49.6 Å². The lowest BCUT2D eigenvalue weighted by molar-refractivity contribution is -0.131. The van der Waals surface area contributed by atoms with Crippen LogP contribution in [-0.4, -0.2) is 43.5 Å². The first-order chi connectivity index (χ1) is 8.67. The Hall–Kier alpha value is -1.55. The second kappa shape index (κ2) is 5.40. The second-order valence-corrected chi connectivity index (χ2v) is 4.76. The van der Waals surface area contributed by atoms with Crippen LogP contribution >= 0.6 is 0 Å². The first-order valence-electron chi connectivity index (χ1n) is 6.46. The molecule has 1 unspecified atom stereocenters. The Morgan fingerprint density at radius 2 is 2.11 bits per heavy atom. The molecule has 0 radical (unpaired) electrons. The molecule has 1 saturated heterocycles. The van der Waals surface area contributed by atoms with E-state index in [9.17, 15) is 4.79 Å². The largest absolute Gasteiger partial charge is 0.360 e. The van der Waals surface area contributed by atoms with Crippen LogP contribution in [0.25, 0.3) is 0 Å². The van der Waals surface area contributed by atoms with Gasteiger partial charge in [-0.2, -0.15) is 0 Å². The minimum absolute atomic E-state index is 0.108. The Labute approximate surface area is 108 Å². The Kier molecular flexibility index (Phi) is 3.87. The number of para-hydroxylation sites is 1. The number of carbonyl (C=O) groups excluding carboxylic acids is 1. The van der Waals surface area contributed by atoms with Crippen LogP contribution in [0.3, 0.4) is 0 Å². The van der Waals surface area contributed by atoms with Crippen molar-refractivity contribution >= 4 is 11.6 Å². The molecule has 4 nitrogen and oxygen atoms in total. The number of likely N-dealkylation sites (N-methyl/N-ethyl adjacent to an activating group) is 1. The van der Waals surface area contributed by atoms with Crippen LogP contribution in [0.15, 0.2) is 24.3 Å². The summed E-state index contributed by atoms with van der Waals surface area (Å²) in [5.74, 6) is 0.141. The molecule has 0 aliphatic carbocycles. The van der Waals surface area contributed by atoms with Crippen molar-refractivity contribution in [3.8, 4) is 0 Å². The molecule has 2 rings (SSSR count). The quantitative estimate of drug-likeness (QED) is 0.861. The van der Waals surface area contributed by atoms with Crippen molar-refractivity contribution in [2.45, 2.75) is 19.4 Å². The van der Waals surface area contributed by atoms with Crippen molar-refractivity contribution in [2.75, 3.05) is 31.6 Å². The lowest BCUT2D eigenvalue weighted by atomic mass is 10.1. The molecule has 18 heavy (non-hydrogen) atoms. The number of piperazine rings is 1. The first kappa shape index (κ1) is 12.9. The summed E-state index contributed by atoms with van der Waals surface area (Å²) in [6.45, 7) is 3.91. The van der Waals surface area contributed by atoms with Crippen molar-refractivity contribution in [2.24, 2.45) is 5.73 Å². The predicted molar refractivity (Wildman–Crippen MR) is 73.6 cm³/mol. The fourth-order valence-corrected chi connectivity index (χ4v) is 2.45. The summed E-state index contributed by atoms with van der Waals surface area (Å²) in [4.78, 5) is 15.9. The minimum atomic E-state index is 0.108. The van der Waals surface area contributed by atoms with Gasteiger partial charge in [0.25, 0.3) is 0 Å². The van der Waals surface area contributed by atoms with Gasteiger partial charge >= 0.3 is 0 Å². The molecule has 1 aromatic carbocycles. The van der Waals surface area contributed by atoms with Gasteiger partial charge < -0.3 is 15.5 Å². The zero-order valence-corrected chi connectivity index (χ0v) is 11.1. The van der Waals surface area contributed by atoms with Gasteiger partial charge in [-0.05, 0) is 18.1 Å². The number of hydrogen-bond donors (Lipinski definition) is 1. The number of rotatable bonds is 3. The number of amides is 1. The monoisotopic (exact) mass is 247 g/mol. The molecule has 1 aromatic rings. The van der Waals surface area contributed by atoms with E-state index >= 15 is 0 Å². The van der Waals surface area contributed by atoms with E-state index in [4.69, 9.17) is 5.73 Å². The van der Waals surface area contributed by atoms with Gasteiger partial charge in [-0.3, -0.25) is 4.79 Å². The molecule has 0 bridgehead atoms. The van der Waals surface area contributed by atoms with Gasteiger partial charge in [0.2, 0.25) is 5.91 Å². The van der Waals surface area contributed by atoms with Gasteiger partial charge in [0.05, 0.1) is 12.6 Å². The molecule has 0 spiro atoms. The number of aryl methyl sites for hydroxylation is 1. The maximum atomic E-state index is 12.0. The number of benzene rings is 1. The Balaban J connectivity index is 2.25. The molecule has 1 aliphatic rings. The van der Waals surface area contributed by atoms with Crippen LogP contribution in [0.2, 0.25) is 0 Å². The third kappa shape index (κ3) is 2.34. The number of carbonyl (C=O) groups is 1. The molecule has 1 amide bonds. The highest BCUT2D eigenvalue weighted by atomic mass is 16.2. The van der Waals surface area contributed by atoms with E-state index in [2.05, 4.69) is 24.0 Å². The Bertz CT molecular complexity index is 433. The molecule has 98 valence electrons. The van der Waals surface area contributed by atoms with Crippen LogP contribution in [0.5, 0.6) is 0 Å². The SMILES string of the molecule is CCc1ccccc1N1CC(=O)N(C)C(CN)C1. The highest BCUT2D eigenvalue weighted by molar-refractivity contribution is 5.83. The van der Waals surface area contributed by atoms with Crippen LogP contribution in [0, 0.1) is 0 Å². The van der Waals surface area contributed by atoms with Gasteiger partial charge in [-0.15, -0.1) is 0 Å². The van der Waals surface area contributed by atoms with Crippen molar-refractivity contribution in [3.63, 3.8) is 0 Å². The molecule has 2 N–H and O–H groups in total. The van der Waals surface area contributed by atoms with E-state index < -0.39 is 0 Å². The summed E-state index contributed by atoms with van der Waals surface area (Å²) in [5.41, 5.74) is 8.20. The average molecular weight is 247 g/mol. The Morgan fingerprint density at radius 3 is 2.78 bits per heavy atom. The third-order valence-electron chi connectivity index (χ3n) is 3.68. The summed E-state index contributed by atoms with van der Waals surface area (Å²) in [6.07, 6.45) is 0.976. The highest BCUT2D eigenvalue weighted by Gasteiger charge is 2.29. The second-order valence-electron chi connectivity index (χ2n) is 4.76. The molecule has 0 saturated carbocycles. The minimum Gasteiger partial charge on any atom is -0.360 e. The van der Waals surface area contributed by atoms with Crippen molar-refractivity contribution in [1.29, 1.82) is 0 Å². The number of nitrogens with zero attached hydrogens (tertiary/aromatic N) is 2. The lowest BCUT2D eigenvalue weighted by Crippen LogP contribution is -2.57. The fourth-order valence-electron chi connectivity index (χ4n) is 2.45. The summed E-state index contributed by atoms with van der Waals surface area (Å²) in [7, 11) is 1.84.